The molecule has 5 nitrogen and oxygen atoms in total. The van der Waals surface area contributed by atoms with Crippen LogP contribution >= 0.6 is 11.3 Å². The normalized spacial score (nSPS) is 12.3. The van der Waals surface area contributed by atoms with E-state index in [1.165, 1.54) is 27.8 Å². The molecule has 0 radical (unpaired) electrons. The molecule has 0 aliphatic carbocycles. The third kappa shape index (κ3) is 3.64. The van der Waals surface area contributed by atoms with E-state index >= 15 is 0 Å². The molecule has 3 rings (SSSR count). The molecule has 0 spiro atoms. The quantitative estimate of drug-likeness (QED) is 0.763. The van der Waals surface area contributed by atoms with Gasteiger partial charge in [-0.25, -0.2) is 4.98 Å². The number of hydrogen-bond donors (Lipinski definition) is 1. The number of thiophene rings is 1. The Morgan fingerprint density at radius 1 is 1.32 bits per heavy atom. The van der Waals surface area contributed by atoms with Gasteiger partial charge in [0, 0.05) is 17.0 Å². The third-order valence-corrected chi connectivity index (χ3v) is 5.14. The summed E-state index contributed by atoms with van der Waals surface area (Å²) in [6.45, 7) is 5.95. The van der Waals surface area contributed by atoms with Gasteiger partial charge < -0.3 is 5.32 Å². The molecule has 2 aromatic heterocycles. The van der Waals surface area contributed by atoms with E-state index in [1.54, 1.807) is 0 Å². The predicted octanol–water partition coefficient (Wildman–Crippen LogP) is 3.35. The molecule has 3 aromatic rings. The topological polar surface area (TPSA) is 64.0 Å². The molecule has 1 amide bonds. The van der Waals surface area contributed by atoms with Gasteiger partial charge in [-0.2, -0.15) is 0 Å². The van der Waals surface area contributed by atoms with Crippen LogP contribution in [-0.2, 0) is 11.3 Å². The smallest absolute Gasteiger partial charge is 0.263 e. The van der Waals surface area contributed by atoms with E-state index in [-0.39, 0.29) is 24.1 Å². The number of carbonyl (C=O) groups is 1. The zero-order chi connectivity index (χ0) is 18.0. The van der Waals surface area contributed by atoms with Gasteiger partial charge in [0.1, 0.15) is 11.4 Å². The Balaban J connectivity index is 1.99. The fraction of sp³-hybridized carbons (Fsp3) is 0.316. The lowest BCUT2D eigenvalue weighted by Gasteiger charge is -2.12. The van der Waals surface area contributed by atoms with Gasteiger partial charge in [0.05, 0.1) is 11.7 Å². The lowest BCUT2D eigenvalue weighted by atomic mass is 10.1. The van der Waals surface area contributed by atoms with E-state index in [1.807, 2.05) is 50.4 Å². The molecule has 0 bridgehead atoms. The van der Waals surface area contributed by atoms with Crippen LogP contribution in [-0.4, -0.2) is 21.5 Å². The van der Waals surface area contributed by atoms with Crippen LogP contribution in [0.3, 0.4) is 0 Å². The van der Waals surface area contributed by atoms with Gasteiger partial charge in [0.15, 0.2) is 0 Å². The van der Waals surface area contributed by atoms with Gasteiger partial charge in [-0.05, 0) is 25.8 Å². The Morgan fingerprint density at radius 2 is 2.04 bits per heavy atom. The molecule has 1 atom stereocenters. The molecule has 1 aromatic carbocycles. The number of nitrogens with one attached hydrogen (secondary N) is 1. The van der Waals surface area contributed by atoms with E-state index in [0.29, 0.717) is 10.2 Å². The number of nitrogens with zero attached hydrogens (tertiary/aromatic N) is 2. The Bertz CT molecular complexity index is 957. The molecule has 2 heterocycles. The van der Waals surface area contributed by atoms with E-state index in [9.17, 15) is 9.59 Å². The summed E-state index contributed by atoms with van der Waals surface area (Å²) in [5, 5.41) is 5.40. The van der Waals surface area contributed by atoms with Crippen molar-refractivity contribution in [1.82, 2.24) is 14.9 Å². The average Bonchev–Trinajstić information content (AvgIpc) is 3.02. The third-order valence-electron chi connectivity index (χ3n) is 4.26. The van der Waals surface area contributed by atoms with Crippen LogP contribution in [0.25, 0.3) is 21.3 Å². The highest BCUT2D eigenvalue weighted by Gasteiger charge is 2.15. The first-order chi connectivity index (χ1) is 12.0. The highest BCUT2D eigenvalue weighted by Crippen LogP contribution is 2.30. The van der Waals surface area contributed by atoms with E-state index in [4.69, 9.17) is 0 Å². The summed E-state index contributed by atoms with van der Waals surface area (Å²) in [7, 11) is 0. The summed E-state index contributed by atoms with van der Waals surface area (Å²) in [5.41, 5.74) is 2.84. The zero-order valence-corrected chi connectivity index (χ0v) is 15.4. The SMILES string of the molecule is CC[C@@H](C)NC(=O)Cn1cnc2scc(-c3ccc(C)cc3)c2c1=O. The molecule has 1 N–H and O–H groups in total. The Labute approximate surface area is 150 Å². The molecule has 130 valence electrons. The van der Waals surface area contributed by atoms with E-state index in [2.05, 4.69) is 10.3 Å². The van der Waals surface area contributed by atoms with E-state index < -0.39 is 0 Å². The number of carbonyl (C=O) groups excluding carboxylic acids is 1. The molecule has 0 aliphatic rings. The maximum atomic E-state index is 12.9. The van der Waals surface area contributed by atoms with E-state index in [0.717, 1.165) is 17.5 Å². The molecule has 0 saturated carbocycles. The number of hydrogen-bond acceptors (Lipinski definition) is 4. The fourth-order valence-electron chi connectivity index (χ4n) is 2.60. The second-order valence-corrected chi connectivity index (χ2v) is 7.11. The maximum absolute atomic E-state index is 12.9. The Morgan fingerprint density at radius 3 is 2.72 bits per heavy atom. The summed E-state index contributed by atoms with van der Waals surface area (Å²) in [6.07, 6.45) is 2.30. The molecule has 0 fully saturated rings. The van der Waals surface area contributed by atoms with Crippen molar-refractivity contribution in [3.63, 3.8) is 0 Å². The van der Waals surface area contributed by atoms with Crippen LogP contribution < -0.4 is 10.9 Å². The molecule has 0 saturated heterocycles. The highest BCUT2D eigenvalue weighted by atomic mass is 32.1. The highest BCUT2D eigenvalue weighted by molar-refractivity contribution is 7.17. The number of benzene rings is 1. The zero-order valence-electron chi connectivity index (χ0n) is 14.6. The summed E-state index contributed by atoms with van der Waals surface area (Å²) in [5.74, 6) is -0.176. The number of aromatic nitrogens is 2. The maximum Gasteiger partial charge on any atom is 0.263 e. The van der Waals surface area contributed by atoms with Crippen LogP contribution in [0.1, 0.15) is 25.8 Å². The largest absolute Gasteiger partial charge is 0.352 e. The summed E-state index contributed by atoms with van der Waals surface area (Å²) < 4.78 is 1.38. The second-order valence-electron chi connectivity index (χ2n) is 6.25. The lowest BCUT2D eigenvalue weighted by molar-refractivity contribution is -0.122. The number of amides is 1. The standard InChI is InChI=1S/C19H21N3O2S/c1-4-13(3)21-16(23)9-22-11-20-18-17(19(22)24)15(10-25-18)14-7-5-12(2)6-8-14/h5-8,10-11,13H,4,9H2,1-3H3,(H,21,23)/t13-/m1/s1. The van der Waals surface area contributed by atoms with Crippen molar-refractivity contribution in [3.8, 4) is 11.1 Å². The fourth-order valence-corrected chi connectivity index (χ4v) is 3.51. The minimum atomic E-state index is -0.180. The van der Waals surface area contributed by atoms with Gasteiger partial charge in [0.2, 0.25) is 5.91 Å². The average molecular weight is 355 g/mol. The van der Waals surface area contributed by atoms with Crippen molar-refractivity contribution < 1.29 is 4.79 Å². The van der Waals surface area contributed by atoms with Crippen molar-refractivity contribution in [3.05, 3.63) is 51.9 Å². The molecular weight excluding hydrogens is 334 g/mol. The Hall–Kier alpha value is -2.47. The molecule has 0 aliphatic heterocycles. The first-order valence-electron chi connectivity index (χ1n) is 8.32. The summed E-state index contributed by atoms with van der Waals surface area (Å²) in [4.78, 5) is 30.0. The molecular formula is C19H21N3O2S. The van der Waals surface area contributed by atoms with Crippen LogP contribution in [0.15, 0.2) is 40.8 Å². The molecule has 0 unspecified atom stereocenters. The van der Waals surface area contributed by atoms with Crippen LogP contribution in [0.2, 0.25) is 0 Å². The van der Waals surface area contributed by atoms with Gasteiger partial charge in [-0.15, -0.1) is 11.3 Å². The van der Waals surface area contributed by atoms with Gasteiger partial charge >= 0.3 is 0 Å². The Kier molecular flexibility index (Phi) is 4.99. The van der Waals surface area contributed by atoms with Crippen LogP contribution in [0.4, 0.5) is 0 Å². The van der Waals surface area contributed by atoms with Crippen molar-refractivity contribution in [2.75, 3.05) is 0 Å². The van der Waals surface area contributed by atoms with Crippen molar-refractivity contribution >= 4 is 27.5 Å². The minimum Gasteiger partial charge on any atom is -0.352 e. The summed E-state index contributed by atoms with van der Waals surface area (Å²) >= 11 is 1.44. The van der Waals surface area contributed by atoms with Crippen LogP contribution in [0.5, 0.6) is 0 Å². The van der Waals surface area contributed by atoms with Gasteiger partial charge in [-0.1, -0.05) is 36.8 Å². The second kappa shape index (κ2) is 7.19. The number of fused-ring (bicyclic) bond motifs is 1. The monoisotopic (exact) mass is 355 g/mol. The first kappa shape index (κ1) is 17.4. The number of rotatable bonds is 5. The van der Waals surface area contributed by atoms with Gasteiger partial charge in [0.25, 0.3) is 5.56 Å². The molecule has 6 heteroatoms. The van der Waals surface area contributed by atoms with Crippen LogP contribution in [0, 0.1) is 6.92 Å². The van der Waals surface area contributed by atoms with Gasteiger partial charge in [-0.3, -0.25) is 14.2 Å². The van der Waals surface area contributed by atoms with Crippen molar-refractivity contribution in [1.29, 1.82) is 0 Å². The minimum absolute atomic E-state index is 0.0186. The number of aryl methyl sites for hydroxylation is 1. The first-order valence-corrected chi connectivity index (χ1v) is 9.20. The molecule has 25 heavy (non-hydrogen) atoms. The van der Waals surface area contributed by atoms with Crippen molar-refractivity contribution in [2.24, 2.45) is 0 Å². The summed E-state index contributed by atoms with van der Waals surface area (Å²) in [6, 6.07) is 8.14. The lowest BCUT2D eigenvalue weighted by Crippen LogP contribution is -2.37. The predicted molar refractivity (Wildman–Crippen MR) is 102 cm³/mol. The van der Waals surface area contributed by atoms with Crippen molar-refractivity contribution in [2.45, 2.75) is 39.8 Å².